The highest BCUT2D eigenvalue weighted by Crippen LogP contribution is 2.27. The minimum absolute atomic E-state index is 0.0206. The Bertz CT molecular complexity index is 189. The van der Waals surface area contributed by atoms with Gasteiger partial charge >= 0.3 is 0 Å². The van der Waals surface area contributed by atoms with Gasteiger partial charge in [-0.1, -0.05) is 34.6 Å². The first-order chi connectivity index (χ1) is 7.49. The van der Waals surface area contributed by atoms with Crippen molar-refractivity contribution in [3.63, 3.8) is 0 Å². The lowest BCUT2D eigenvalue weighted by Gasteiger charge is -2.25. The molecular formula is C14H28O2. The fourth-order valence-electron chi connectivity index (χ4n) is 2.11. The van der Waals surface area contributed by atoms with Gasteiger partial charge in [-0.2, -0.15) is 0 Å². The third kappa shape index (κ3) is 4.84. The van der Waals surface area contributed by atoms with Gasteiger partial charge in [-0.15, -0.1) is 0 Å². The number of ether oxygens (including phenoxy) is 2. The SMILES string of the molecule is CC(C)CO[C@@H]1C[C@H](C)CC[C@@H](C(C)C)O1. The van der Waals surface area contributed by atoms with Gasteiger partial charge in [-0.3, -0.25) is 0 Å². The van der Waals surface area contributed by atoms with Crippen molar-refractivity contribution in [2.24, 2.45) is 17.8 Å². The summed E-state index contributed by atoms with van der Waals surface area (Å²) in [4.78, 5) is 0. The quantitative estimate of drug-likeness (QED) is 0.727. The van der Waals surface area contributed by atoms with Crippen LogP contribution >= 0.6 is 0 Å². The van der Waals surface area contributed by atoms with Crippen LogP contribution in [0.2, 0.25) is 0 Å². The highest BCUT2D eigenvalue weighted by Gasteiger charge is 2.26. The topological polar surface area (TPSA) is 18.5 Å². The lowest BCUT2D eigenvalue weighted by atomic mass is 9.97. The molecule has 1 rings (SSSR count). The number of rotatable bonds is 4. The van der Waals surface area contributed by atoms with Gasteiger partial charge in [0.25, 0.3) is 0 Å². The Balaban J connectivity index is 2.46. The van der Waals surface area contributed by atoms with Gasteiger partial charge in [-0.25, -0.2) is 0 Å². The molecule has 2 nitrogen and oxygen atoms in total. The van der Waals surface area contributed by atoms with Gasteiger partial charge in [0.2, 0.25) is 0 Å². The maximum absolute atomic E-state index is 6.07. The molecule has 1 heterocycles. The molecule has 1 saturated heterocycles. The standard InChI is InChI=1S/C14H28O2/c1-10(2)9-15-14-8-12(5)6-7-13(16-14)11(3)4/h10-14H,6-9H2,1-5H3/t12-,13+,14+/m1/s1. The van der Waals surface area contributed by atoms with Gasteiger partial charge in [0.1, 0.15) is 0 Å². The number of hydrogen-bond acceptors (Lipinski definition) is 2. The van der Waals surface area contributed by atoms with E-state index in [2.05, 4.69) is 34.6 Å². The smallest absolute Gasteiger partial charge is 0.158 e. The molecule has 0 N–H and O–H groups in total. The fourth-order valence-corrected chi connectivity index (χ4v) is 2.11. The van der Waals surface area contributed by atoms with Crippen molar-refractivity contribution in [2.75, 3.05) is 6.61 Å². The molecule has 16 heavy (non-hydrogen) atoms. The second kappa shape index (κ2) is 6.61. The van der Waals surface area contributed by atoms with Crippen LogP contribution in [0, 0.1) is 17.8 Å². The van der Waals surface area contributed by atoms with Gasteiger partial charge in [-0.05, 0) is 30.6 Å². The van der Waals surface area contributed by atoms with E-state index < -0.39 is 0 Å². The van der Waals surface area contributed by atoms with E-state index in [1.165, 1.54) is 12.8 Å². The van der Waals surface area contributed by atoms with E-state index in [4.69, 9.17) is 9.47 Å². The average molecular weight is 228 g/mol. The molecule has 0 aromatic rings. The Morgan fingerprint density at radius 3 is 2.44 bits per heavy atom. The summed E-state index contributed by atoms with van der Waals surface area (Å²) in [5.41, 5.74) is 0. The molecule has 0 bridgehead atoms. The van der Waals surface area contributed by atoms with E-state index >= 15 is 0 Å². The van der Waals surface area contributed by atoms with E-state index in [-0.39, 0.29) is 6.29 Å². The van der Waals surface area contributed by atoms with Crippen molar-refractivity contribution in [1.29, 1.82) is 0 Å². The normalized spacial score (nSPS) is 32.1. The second-order valence-electron chi connectivity index (χ2n) is 5.99. The Morgan fingerprint density at radius 1 is 1.19 bits per heavy atom. The van der Waals surface area contributed by atoms with Crippen LogP contribution in [0.4, 0.5) is 0 Å². The third-order valence-electron chi connectivity index (χ3n) is 3.22. The first-order valence-electron chi connectivity index (χ1n) is 6.76. The van der Waals surface area contributed by atoms with Crippen LogP contribution in [0.25, 0.3) is 0 Å². The Kier molecular flexibility index (Phi) is 5.77. The first-order valence-corrected chi connectivity index (χ1v) is 6.76. The van der Waals surface area contributed by atoms with Crippen LogP contribution in [0.3, 0.4) is 0 Å². The van der Waals surface area contributed by atoms with Gasteiger partial charge in [0.15, 0.2) is 6.29 Å². The molecule has 1 aliphatic rings. The molecule has 0 radical (unpaired) electrons. The summed E-state index contributed by atoms with van der Waals surface area (Å²) >= 11 is 0. The van der Waals surface area contributed by atoms with E-state index in [1.807, 2.05) is 0 Å². The summed E-state index contributed by atoms with van der Waals surface area (Å²) in [5.74, 6) is 1.90. The molecule has 1 aliphatic heterocycles. The largest absolute Gasteiger partial charge is 0.352 e. The van der Waals surface area contributed by atoms with Gasteiger partial charge in [0, 0.05) is 6.42 Å². The van der Waals surface area contributed by atoms with Crippen LogP contribution in [-0.2, 0) is 9.47 Å². The van der Waals surface area contributed by atoms with Crippen molar-refractivity contribution in [3.05, 3.63) is 0 Å². The second-order valence-corrected chi connectivity index (χ2v) is 5.99. The third-order valence-corrected chi connectivity index (χ3v) is 3.22. The van der Waals surface area contributed by atoms with Gasteiger partial charge < -0.3 is 9.47 Å². The molecule has 0 unspecified atom stereocenters. The summed E-state index contributed by atoms with van der Waals surface area (Å²) < 4.78 is 11.9. The lowest BCUT2D eigenvalue weighted by Crippen LogP contribution is -2.27. The van der Waals surface area contributed by atoms with Crippen LogP contribution in [0.1, 0.15) is 53.9 Å². The van der Waals surface area contributed by atoms with Crippen molar-refractivity contribution < 1.29 is 9.47 Å². The zero-order chi connectivity index (χ0) is 12.1. The molecule has 0 amide bonds. The lowest BCUT2D eigenvalue weighted by molar-refractivity contribution is -0.183. The zero-order valence-electron chi connectivity index (χ0n) is 11.5. The van der Waals surface area contributed by atoms with Crippen LogP contribution in [0.15, 0.2) is 0 Å². The van der Waals surface area contributed by atoms with E-state index in [9.17, 15) is 0 Å². The molecule has 2 heteroatoms. The summed E-state index contributed by atoms with van der Waals surface area (Å²) in [7, 11) is 0. The van der Waals surface area contributed by atoms with Crippen molar-refractivity contribution in [2.45, 2.75) is 66.3 Å². The first kappa shape index (κ1) is 14.0. The zero-order valence-corrected chi connectivity index (χ0v) is 11.5. The Labute approximate surface area is 101 Å². The summed E-state index contributed by atoms with van der Waals surface area (Å²) in [6.45, 7) is 11.9. The maximum Gasteiger partial charge on any atom is 0.158 e. The van der Waals surface area contributed by atoms with Crippen LogP contribution in [0.5, 0.6) is 0 Å². The minimum Gasteiger partial charge on any atom is -0.352 e. The average Bonchev–Trinajstić information content (AvgIpc) is 2.37. The highest BCUT2D eigenvalue weighted by atomic mass is 16.7. The Hall–Kier alpha value is -0.0800. The summed E-state index contributed by atoms with van der Waals surface area (Å²) in [6.07, 6.45) is 3.90. The van der Waals surface area contributed by atoms with E-state index in [1.54, 1.807) is 0 Å². The summed E-state index contributed by atoms with van der Waals surface area (Å²) in [6, 6.07) is 0. The molecule has 0 aromatic heterocycles. The summed E-state index contributed by atoms with van der Waals surface area (Å²) in [5, 5.41) is 0. The minimum atomic E-state index is 0.0206. The predicted octanol–water partition coefficient (Wildman–Crippen LogP) is 3.85. The van der Waals surface area contributed by atoms with E-state index in [0.717, 1.165) is 18.9 Å². The number of hydrogen-bond donors (Lipinski definition) is 0. The van der Waals surface area contributed by atoms with E-state index in [0.29, 0.717) is 17.9 Å². The van der Waals surface area contributed by atoms with Gasteiger partial charge in [0.05, 0.1) is 12.7 Å². The van der Waals surface area contributed by atoms with Crippen molar-refractivity contribution in [1.82, 2.24) is 0 Å². The molecule has 0 saturated carbocycles. The Morgan fingerprint density at radius 2 is 1.88 bits per heavy atom. The molecule has 1 fully saturated rings. The molecule has 96 valence electrons. The highest BCUT2D eigenvalue weighted by molar-refractivity contribution is 4.71. The molecule has 0 aliphatic carbocycles. The molecule has 0 aromatic carbocycles. The molecule has 3 atom stereocenters. The van der Waals surface area contributed by atoms with Crippen LogP contribution < -0.4 is 0 Å². The fraction of sp³-hybridized carbons (Fsp3) is 1.00. The predicted molar refractivity (Wildman–Crippen MR) is 67.3 cm³/mol. The molecular weight excluding hydrogens is 200 g/mol. The molecule has 0 spiro atoms. The van der Waals surface area contributed by atoms with Crippen LogP contribution in [-0.4, -0.2) is 19.0 Å². The van der Waals surface area contributed by atoms with Crippen molar-refractivity contribution >= 4 is 0 Å². The monoisotopic (exact) mass is 228 g/mol. The maximum atomic E-state index is 6.07. The van der Waals surface area contributed by atoms with Crippen molar-refractivity contribution in [3.8, 4) is 0 Å².